The fourth-order valence-electron chi connectivity index (χ4n) is 1.06. The number of carbonyl (C=O) groups is 4. The number of aliphatic carboxylic acids is 2. The molecule has 0 aliphatic rings. The second-order valence-corrected chi connectivity index (χ2v) is 3.83. The van der Waals surface area contributed by atoms with Crippen LogP contribution in [0.3, 0.4) is 0 Å². The summed E-state index contributed by atoms with van der Waals surface area (Å²) in [5.41, 5.74) is 0. The van der Waals surface area contributed by atoms with E-state index in [0.29, 0.717) is 0 Å². The van der Waals surface area contributed by atoms with E-state index in [-0.39, 0.29) is 26.4 Å². The standard InChI is InChI=1S/C12H18O11/c13-9(14)5-20-7-11(17)22-3-1-19-2-4-23-12(18)8-21-6-10(15)16/h1-8H2,(H,13,14)(H,15,16). The van der Waals surface area contributed by atoms with Gasteiger partial charge in [-0.25, -0.2) is 19.2 Å². The van der Waals surface area contributed by atoms with Crippen molar-refractivity contribution in [2.24, 2.45) is 0 Å². The fourth-order valence-corrected chi connectivity index (χ4v) is 1.06. The van der Waals surface area contributed by atoms with Crippen molar-refractivity contribution in [2.45, 2.75) is 0 Å². The Labute approximate surface area is 131 Å². The fraction of sp³-hybridized carbons (Fsp3) is 0.667. The van der Waals surface area contributed by atoms with Gasteiger partial charge in [0.15, 0.2) is 0 Å². The first-order valence-corrected chi connectivity index (χ1v) is 6.40. The van der Waals surface area contributed by atoms with Gasteiger partial charge < -0.3 is 33.9 Å². The van der Waals surface area contributed by atoms with E-state index in [4.69, 9.17) is 14.9 Å². The maximum atomic E-state index is 11.0. The van der Waals surface area contributed by atoms with E-state index in [1.54, 1.807) is 0 Å². The molecule has 132 valence electrons. The molecule has 0 saturated carbocycles. The second kappa shape index (κ2) is 13.4. The van der Waals surface area contributed by atoms with Crippen LogP contribution in [0.25, 0.3) is 0 Å². The third-order valence-corrected chi connectivity index (χ3v) is 1.87. The van der Waals surface area contributed by atoms with Crippen LogP contribution in [0.2, 0.25) is 0 Å². The lowest BCUT2D eigenvalue weighted by Crippen LogP contribution is -2.20. The molecule has 0 aliphatic carbocycles. The quantitative estimate of drug-likeness (QED) is 0.275. The van der Waals surface area contributed by atoms with Crippen molar-refractivity contribution < 1.29 is 53.1 Å². The van der Waals surface area contributed by atoms with Gasteiger partial charge in [-0.3, -0.25) is 0 Å². The molecule has 0 rings (SSSR count). The van der Waals surface area contributed by atoms with Crippen LogP contribution in [0.15, 0.2) is 0 Å². The highest BCUT2D eigenvalue weighted by atomic mass is 16.6. The van der Waals surface area contributed by atoms with E-state index in [2.05, 4.69) is 18.9 Å². The van der Waals surface area contributed by atoms with Crippen molar-refractivity contribution in [1.29, 1.82) is 0 Å². The molecule has 0 aromatic carbocycles. The first kappa shape index (κ1) is 20.8. The third kappa shape index (κ3) is 16.0. The molecule has 0 atom stereocenters. The largest absolute Gasteiger partial charge is 0.480 e. The highest BCUT2D eigenvalue weighted by Gasteiger charge is 2.06. The lowest BCUT2D eigenvalue weighted by molar-refractivity contribution is -0.154. The monoisotopic (exact) mass is 338 g/mol. The molecular formula is C12H18O11. The average molecular weight is 338 g/mol. The molecule has 0 radical (unpaired) electrons. The Hall–Kier alpha value is -2.24. The third-order valence-electron chi connectivity index (χ3n) is 1.87. The van der Waals surface area contributed by atoms with E-state index in [1.807, 2.05) is 0 Å². The number of carbonyl (C=O) groups excluding carboxylic acids is 2. The van der Waals surface area contributed by atoms with Gasteiger partial charge >= 0.3 is 23.9 Å². The van der Waals surface area contributed by atoms with Gasteiger partial charge in [0.25, 0.3) is 0 Å². The van der Waals surface area contributed by atoms with Gasteiger partial charge in [-0.05, 0) is 0 Å². The predicted octanol–water partition coefficient (Wildman–Crippen LogP) is -1.71. The van der Waals surface area contributed by atoms with Crippen LogP contribution in [0, 0.1) is 0 Å². The lowest BCUT2D eigenvalue weighted by Gasteiger charge is -2.07. The molecule has 0 saturated heterocycles. The summed E-state index contributed by atoms with van der Waals surface area (Å²) in [7, 11) is 0. The minimum Gasteiger partial charge on any atom is -0.480 e. The first-order valence-electron chi connectivity index (χ1n) is 6.40. The van der Waals surface area contributed by atoms with Crippen LogP contribution in [0.1, 0.15) is 0 Å². The molecule has 0 aromatic heterocycles. The SMILES string of the molecule is O=C(O)COCC(=O)OCCOCCOC(=O)COCC(=O)O. The highest BCUT2D eigenvalue weighted by molar-refractivity contribution is 5.72. The van der Waals surface area contributed by atoms with Crippen LogP contribution in [0.4, 0.5) is 0 Å². The molecule has 0 unspecified atom stereocenters. The van der Waals surface area contributed by atoms with Gasteiger partial charge in [0.05, 0.1) is 13.2 Å². The van der Waals surface area contributed by atoms with Gasteiger partial charge in [-0.15, -0.1) is 0 Å². The van der Waals surface area contributed by atoms with Crippen molar-refractivity contribution in [2.75, 3.05) is 52.9 Å². The van der Waals surface area contributed by atoms with Gasteiger partial charge in [-0.1, -0.05) is 0 Å². The minimum atomic E-state index is -1.19. The van der Waals surface area contributed by atoms with Crippen molar-refractivity contribution >= 4 is 23.9 Å². The zero-order valence-corrected chi connectivity index (χ0v) is 12.2. The summed E-state index contributed by atoms with van der Waals surface area (Å²) in [6, 6.07) is 0. The van der Waals surface area contributed by atoms with E-state index >= 15 is 0 Å². The number of hydrogen-bond donors (Lipinski definition) is 2. The lowest BCUT2D eigenvalue weighted by atomic mass is 10.6. The summed E-state index contributed by atoms with van der Waals surface area (Å²) in [5, 5.41) is 16.5. The second-order valence-electron chi connectivity index (χ2n) is 3.83. The Bertz CT molecular complexity index is 356. The number of carboxylic acid groups (broad SMARTS) is 2. The van der Waals surface area contributed by atoms with E-state index in [9.17, 15) is 19.2 Å². The molecule has 0 aromatic rings. The molecular weight excluding hydrogens is 320 g/mol. The summed E-state index contributed by atoms with van der Waals surface area (Å²) in [6.07, 6.45) is 0. The Kier molecular flexibility index (Phi) is 12.1. The number of esters is 2. The Balaban J connectivity index is 3.35. The molecule has 2 N–H and O–H groups in total. The summed E-state index contributed by atoms with van der Waals surface area (Å²) < 4.78 is 23.3. The molecule has 0 spiro atoms. The first-order chi connectivity index (χ1) is 10.9. The summed E-state index contributed by atoms with van der Waals surface area (Å²) >= 11 is 0. The normalized spacial score (nSPS) is 10.1. The topological polar surface area (TPSA) is 155 Å². The van der Waals surface area contributed by atoms with Crippen molar-refractivity contribution in [3.8, 4) is 0 Å². The van der Waals surface area contributed by atoms with Gasteiger partial charge in [0.1, 0.15) is 39.6 Å². The maximum Gasteiger partial charge on any atom is 0.332 e. The molecule has 0 heterocycles. The predicted molar refractivity (Wildman–Crippen MR) is 69.6 cm³/mol. The van der Waals surface area contributed by atoms with Crippen LogP contribution >= 0.6 is 0 Å². The van der Waals surface area contributed by atoms with Gasteiger partial charge in [0.2, 0.25) is 0 Å². The van der Waals surface area contributed by atoms with Crippen LogP contribution in [-0.4, -0.2) is 86.9 Å². The van der Waals surface area contributed by atoms with Gasteiger partial charge in [0, 0.05) is 0 Å². The summed E-state index contributed by atoms with van der Waals surface area (Å²) in [5.74, 6) is -3.83. The van der Waals surface area contributed by atoms with E-state index in [0.717, 1.165) is 0 Å². The zero-order valence-electron chi connectivity index (χ0n) is 12.2. The smallest absolute Gasteiger partial charge is 0.332 e. The van der Waals surface area contributed by atoms with Crippen LogP contribution in [-0.2, 0) is 42.9 Å². The molecule has 0 bridgehead atoms. The summed E-state index contributed by atoms with van der Waals surface area (Å²) in [6.45, 7) is -2.15. The maximum absolute atomic E-state index is 11.0. The van der Waals surface area contributed by atoms with Crippen molar-refractivity contribution in [3.05, 3.63) is 0 Å². The molecule has 11 heteroatoms. The van der Waals surface area contributed by atoms with E-state index in [1.165, 1.54) is 0 Å². The molecule has 0 fully saturated rings. The van der Waals surface area contributed by atoms with Crippen molar-refractivity contribution in [3.63, 3.8) is 0 Å². The van der Waals surface area contributed by atoms with Gasteiger partial charge in [-0.2, -0.15) is 0 Å². The number of carboxylic acids is 2. The molecule has 11 nitrogen and oxygen atoms in total. The number of ether oxygens (including phenoxy) is 5. The number of hydrogen-bond acceptors (Lipinski definition) is 9. The molecule has 0 aliphatic heterocycles. The highest BCUT2D eigenvalue weighted by Crippen LogP contribution is 1.86. The zero-order chi connectivity index (χ0) is 17.5. The van der Waals surface area contributed by atoms with E-state index < -0.39 is 50.3 Å². The molecule has 23 heavy (non-hydrogen) atoms. The Morgan fingerprint density at radius 3 is 1.30 bits per heavy atom. The minimum absolute atomic E-state index is 0.0533. The molecule has 0 amide bonds. The van der Waals surface area contributed by atoms with Crippen LogP contribution < -0.4 is 0 Å². The number of rotatable bonds is 14. The Morgan fingerprint density at radius 2 is 0.957 bits per heavy atom. The van der Waals surface area contributed by atoms with Crippen molar-refractivity contribution in [1.82, 2.24) is 0 Å². The average Bonchev–Trinajstić information content (AvgIpc) is 2.45. The summed E-state index contributed by atoms with van der Waals surface area (Å²) in [4.78, 5) is 42.3. The Morgan fingerprint density at radius 1 is 0.565 bits per heavy atom. The van der Waals surface area contributed by atoms with Crippen LogP contribution in [0.5, 0.6) is 0 Å².